The van der Waals surface area contributed by atoms with Gasteiger partial charge in [-0.2, -0.15) is 0 Å². The zero-order chi connectivity index (χ0) is 18.6. The van der Waals surface area contributed by atoms with E-state index in [2.05, 4.69) is 15.6 Å². The molecule has 2 N–H and O–H groups in total. The highest BCUT2D eigenvalue weighted by Crippen LogP contribution is 2.27. The first-order chi connectivity index (χ1) is 12.5. The van der Waals surface area contributed by atoms with Crippen molar-refractivity contribution in [1.29, 1.82) is 0 Å². The number of hydrogen-bond donors (Lipinski definition) is 2. The van der Waals surface area contributed by atoms with Gasteiger partial charge in [-0.3, -0.25) is 9.79 Å². The maximum absolute atomic E-state index is 12.5. The van der Waals surface area contributed by atoms with E-state index in [0.717, 1.165) is 32.4 Å². The van der Waals surface area contributed by atoms with E-state index in [1.165, 1.54) is 17.1 Å². The van der Waals surface area contributed by atoms with Gasteiger partial charge < -0.3 is 15.5 Å². The van der Waals surface area contributed by atoms with Crippen molar-refractivity contribution in [2.75, 3.05) is 45.5 Å². The van der Waals surface area contributed by atoms with Gasteiger partial charge in [0.2, 0.25) is 15.9 Å². The summed E-state index contributed by atoms with van der Waals surface area (Å²) in [6, 6.07) is 0.196. The molecule has 0 radical (unpaired) electrons. The molecule has 3 aliphatic rings. The Hall–Kier alpha value is -1.35. The first kappa shape index (κ1) is 19.4. The molecule has 3 rings (SSSR count). The minimum atomic E-state index is -3.05. The lowest BCUT2D eigenvalue weighted by atomic mass is 10.1. The van der Waals surface area contributed by atoms with Crippen molar-refractivity contribution in [3.63, 3.8) is 0 Å². The average Bonchev–Trinajstić information content (AvgIpc) is 3.35. The van der Waals surface area contributed by atoms with Crippen LogP contribution in [0, 0.1) is 5.92 Å². The van der Waals surface area contributed by atoms with E-state index in [0.29, 0.717) is 37.9 Å². The summed E-state index contributed by atoms with van der Waals surface area (Å²) >= 11 is 0. The van der Waals surface area contributed by atoms with Gasteiger partial charge in [0.15, 0.2) is 5.96 Å². The summed E-state index contributed by atoms with van der Waals surface area (Å²) in [5, 5.41) is 6.55. The van der Waals surface area contributed by atoms with Crippen molar-refractivity contribution >= 4 is 21.9 Å². The predicted molar refractivity (Wildman–Crippen MR) is 101 cm³/mol. The summed E-state index contributed by atoms with van der Waals surface area (Å²) in [6.45, 7) is 3.11. The van der Waals surface area contributed by atoms with Gasteiger partial charge in [-0.1, -0.05) is 12.8 Å². The molecule has 2 saturated heterocycles. The van der Waals surface area contributed by atoms with Crippen molar-refractivity contribution in [3.8, 4) is 0 Å². The van der Waals surface area contributed by atoms with Gasteiger partial charge in [-0.05, 0) is 25.7 Å². The van der Waals surface area contributed by atoms with Crippen LogP contribution in [0.1, 0.15) is 38.5 Å². The summed E-state index contributed by atoms with van der Waals surface area (Å²) in [5.74, 6) is 1.47. The molecule has 2 aliphatic heterocycles. The summed E-state index contributed by atoms with van der Waals surface area (Å²) < 4.78 is 25.2. The molecule has 0 aromatic rings. The van der Waals surface area contributed by atoms with Gasteiger partial charge in [0, 0.05) is 51.7 Å². The van der Waals surface area contributed by atoms with E-state index in [1.807, 2.05) is 4.90 Å². The van der Waals surface area contributed by atoms with Crippen LogP contribution >= 0.6 is 0 Å². The Morgan fingerprint density at radius 3 is 2.58 bits per heavy atom. The molecule has 8 nitrogen and oxygen atoms in total. The fourth-order valence-electron chi connectivity index (χ4n) is 4.14. The molecule has 1 unspecified atom stereocenters. The van der Waals surface area contributed by atoms with Crippen LogP contribution in [-0.4, -0.2) is 81.1 Å². The van der Waals surface area contributed by atoms with Crippen molar-refractivity contribution in [3.05, 3.63) is 0 Å². The molecular formula is C17H31N5O3S. The third kappa shape index (κ3) is 4.68. The molecule has 0 aromatic heterocycles. The van der Waals surface area contributed by atoms with Crippen molar-refractivity contribution in [1.82, 2.24) is 19.8 Å². The summed E-state index contributed by atoms with van der Waals surface area (Å²) in [4.78, 5) is 18.7. The van der Waals surface area contributed by atoms with Crippen LogP contribution in [0.2, 0.25) is 0 Å². The number of carbonyl (C=O) groups excluding carboxylic acids is 1. The Kier molecular flexibility index (Phi) is 6.39. The Balaban J connectivity index is 1.40. The smallest absolute Gasteiger partial charge is 0.225 e. The van der Waals surface area contributed by atoms with E-state index >= 15 is 0 Å². The van der Waals surface area contributed by atoms with Gasteiger partial charge >= 0.3 is 0 Å². The standard InChI is InChI=1S/C17H31N5O3S/c1-18-17(19-8-11-22-9-4-12-26(22,24)25)20-15-7-10-21(13-15)16(23)14-5-2-3-6-14/h14-15H,2-13H2,1H3,(H2,18,19,20). The van der Waals surface area contributed by atoms with Crippen LogP contribution in [-0.2, 0) is 14.8 Å². The highest BCUT2D eigenvalue weighted by atomic mass is 32.2. The van der Waals surface area contributed by atoms with Crippen molar-refractivity contribution < 1.29 is 13.2 Å². The molecule has 0 spiro atoms. The number of rotatable bonds is 5. The van der Waals surface area contributed by atoms with Gasteiger partial charge in [-0.25, -0.2) is 12.7 Å². The zero-order valence-corrected chi connectivity index (χ0v) is 16.4. The predicted octanol–water partition coefficient (Wildman–Crippen LogP) is -0.0220. The molecule has 1 amide bonds. The number of amides is 1. The lowest BCUT2D eigenvalue weighted by molar-refractivity contribution is -0.134. The molecule has 1 atom stereocenters. The molecule has 26 heavy (non-hydrogen) atoms. The molecular weight excluding hydrogens is 354 g/mol. The number of aliphatic imine (C=N–C) groups is 1. The van der Waals surface area contributed by atoms with Crippen molar-refractivity contribution in [2.24, 2.45) is 10.9 Å². The largest absolute Gasteiger partial charge is 0.355 e. The molecule has 0 aromatic carbocycles. The van der Waals surface area contributed by atoms with Crippen LogP contribution in [0.15, 0.2) is 4.99 Å². The third-order valence-corrected chi connectivity index (χ3v) is 7.58. The third-order valence-electron chi connectivity index (χ3n) is 5.63. The second-order valence-electron chi connectivity index (χ2n) is 7.46. The van der Waals surface area contributed by atoms with E-state index in [-0.39, 0.29) is 17.7 Å². The van der Waals surface area contributed by atoms with Crippen LogP contribution in [0.25, 0.3) is 0 Å². The maximum Gasteiger partial charge on any atom is 0.225 e. The Labute approximate surface area is 156 Å². The molecule has 148 valence electrons. The average molecular weight is 386 g/mol. The molecule has 2 heterocycles. The highest BCUT2D eigenvalue weighted by molar-refractivity contribution is 7.89. The Bertz CT molecular complexity index is 630. The number of nitrogens with one attached hydrogen (secondary N) is 2. The van der Waals surface area contributed by atoms with Gasteiger partial charge in [0.1, 0.15) is 0 Å². The minimum Gasteiger partial charge on any atom is -0.355 e. The van der Waals surface area contributed by atoms with Crippen LogP contribution < -0.4 is 10.6 Å². The van der Waals surface area contributed by atoms with Gasteiger partial charge in [-0.15, -0.1) is 0 Å². The molecule has 9 heteroatoms. The zero-order valence-electron chi connectivity index (χ0n) is 15.6. The van der Waals surface area contributed by atoms with E-state index in [4.69, 9.17) is 0 Å². The highest BCUT2D eigenvalue weighted by Gasteiger charge is 2.32. The van der Waals surface area contributed by atoms with Gasteiger partial charge in [0.05, 0.1) is 5.75 Å². The first-order valence-corrected chi connectivity index (χ1v) is 11.3. The van der Waals surface area contributed by atoms with Crippen LogP contribution in [0.4, 0.5) is 0 Å². The fraction of sp³-hybridized carbons (Fsp3) is 0.882. The van der Waals surface area contributed by atoms with E-state index in [9.17, 15) is 13.2 Å². The number of sulfonamides is 1. The summed E-state index contributed by atoms with van der Waals surface area (Å²) in [7, 11) is -1.34. The summed E-state index contributed by atoms with van der Waals surface area (Å²) in [6.07, 6.45) is 6.05. The molecule has 1 aliphatic carbocycles. The fourth-order valence-corrected chi connectivity index (χ4v) is 5.67. The topological polar surface area (TPSA) is 94.1 Å². The SMILES string of the molecule is CN=C(NCCN1CCCS1(=O)=O)NC1CCN(C(=O)C2CCCC2)C1. The quantitative estimate of drug-likeness (QED) is 0.512. The lowest BCUT2D eigenvalue weighted by Gasteiger charge is -2.22. The molecule has 1 saturated carbocycles. The monoisotopic (exact) mass is 385 g/mol. The van der Waals surface area contributed by atoms with Crippen molar-refractivity contribution in [2.45, 2.75) is 44.6 Å². The minimum absolute atomic E-state index is 0.196. The maximum atomic E-state index is 12.5. The number of guanidine groups is 1. The Morgan fingerprint density at radius 1 is 1.15 bits per heavy atom. The van der Waals surface area contributed by atoms with E-state index < -0.39 is 10.0 Å². The second-order valence-corrected chi connectivity index (χ2v) is 9.55. The van der Waals surface area contributed by atoms with Crippen LogP contribution in [0.3, 0.4) is 0 Å². The molecule has 3 fully saturated rings. The second kappa shape index (κ2) is 8.56. The number of nitrogens with zero attached hydrogens (tertiary/aromatic N) is 3. The number of carbonyl (C=O) groups is 1. The normalized spacial score (nSPS) is 27.2. The van der Waals surface area contributed by atoms with E-state index in [1.54, 1.807) is 7.05 Å². The summed E-state index contributed by atoms with van der Waals surface area (Å²) in [5.41, 5.74) is 0. The lowest BCUT2D eigenvalue weighted by Crippen LogP contribution is -2.47. The first-order valence-electron chi connectivity index (χ1n) is 9.73. The number of likely N-dealkylation sites (tertiary alicyclic amines) is 1. The number of hydrogen-bond acceptors (Lipinski definition) is 4. The Morgan fingerprint density at radius 2 is 1.92 bits per heavy atom. The van der Waals surface area contributed by atoms with Gasteiger partial charge in [0.25, 0.3) is 0 Å². The molecule has 0 bridgehead atoms. The van der Waals surface area contributed by atoms with Crippen LogP contribution in [0.5, 0.6) is 0 Å².